The fourth-order valence-corrected chi connectivity index (χ4v) is 2.79. The van der Waals surface area contributed by atoms with Gasteiger partial charge in [-0.15, -0.1) is 0 Å². The maximum absolute atomic E-state index is 13.5. The maximum Gasteiger partial charge on any atom is 0.387 e. The van der Waals surface area contributed by atoms with Gasteiger partial charge in [0.15, 0.2) is 11.6 Å². The second-order valence-electron chi connectivity index (χ2n) is 4.35. The van der Waals surface area contributed by atoms with E-state index in [1.54, 1.807) is 18.8 Å². The van der Waals surface area contributed by atoms with E-state index in [0.29, 0.717) is 5.69 Å². The first-order valence-corrected chi connectivity index (χ1v) is 7.55. The zero-order valence-electron chi connectivity index (χ0n) is 11.7. The molecule has 0 amide bonds. The van der Waals surface area contributed by atoms with Crippen LogP contribution in [0.5, 0.6) is 5.75 Å². The smallest absolute Gasteiger partial charge is 0.387 e. The predicted octanol–water partition coefficient (Wildman–Crippen LogP) is 3.59. The number of ether oxygens (including phenoxy) is 1. The normalized spacial score (nSPS) is 12.6. The molecule has 0 saturated heterocycles. The Morgan fingerprint density at radius 2 is 2.05 bits per heavy atom. The van der Waals surface area contributed by atoms with Crippen LogP contribution in [0.3, 0.4) is 0 Å². The Labute approximate surface area is 121 Å². The molecule has 2 N–H and O–H groups in total. The zero-order valence-corrected chi connectivity index (χ0v) is 12.5. The molecule has 0 aromatic heterocycles. The highest BCUT2D eigenvalue weighted by Gasteiger charge is 2.19. The Kier molecular flexibility index (Phi) is 6.32. The van der Waals surface area contributed by atoms with Crippen LogP contribution in [-0.4, -0.2) is 31.7 Å². The molecule has 114 valence electrons. The van der Waals surface area contributed by atoms with Crippen molar-refractivity contribution < 1.29 is 17.9 Å². The van der Waals surface area contributed by atoms with Gasteiger partial charge in [-0.3, -0.25) is 0 Å². The van der Waals surface area contributed by atoms with Gasteiger partial charge < -0.3 is 15.4 Å². The van der Waals surface area contributed by atoms with E-state index in [4.69, 9.17) is 5.73 Å². The van der Waals surface area contributed by atoms with Crippen LogP contribution in [0.2, 0.25) is 0 Å². The van der Waals surface area contributed by atoms with E-state index in [2.05, 4.69) is 4.74 Å². The number of nitrogens with two attached hydrogens (primary N) is 1. The molecule has 0 aliphatic rings. The molecule has 0 spiro atoms. The quantitative estimate of drug-likeness (QED) is 0.781. The first-order chi connectivity index (χ1) is 9.40. The number of thioether (sulfide) groups is 1. The van der Waals surface area contributed by atoms with E-state index < -0.39 is 18.2 Å². The Balaban J connectivity index is 3.09. The number of halogens is 3. The third kappa shape index (κ3) is 4.13. The SMILES string of the molecule is CCC(CSC)N(C)c1cc(OC(F)F)c(F)cc1N. The highest BCUT2D eigenvalue weighted by atomic mass is 32.2. The summed E-state index contributed by atoms with van der Waals surface area (Å²) < 4.78 is 42.2. The second kappa shape index (κ2) is 7.52. The average molecular weight is 308 g/mol. The molecule has 1 aromatic carbocycles. The fourth-order valence-electron chi connectivity index (χ4n) is 1.94. The van der Waals surface area contributed by atoms with Crippen LogP contribution in [0.1, 0.15) is 13.3 Å². The lowest BCUT2D eigenvalue weighted by molar-refractivity contribution is -0.0521. The molecule has 1 unspecified atom stereocenters. The third-order valence-corrected chi connectivity index (χ3v) is 3.77. The van der Waals surface area contributed by atoms with Gasteiger partial charge in [0.2, 0.25) is 0 Å². The molecule has 3 nitrogen and oxygen atoms in total. The van der Waals surface area contributed by atoms with Gasteiger partial charge in [-0.1, -0.05) is 6.92 Å². The molecule has 0 heterocycles. The van der Waals surface area contributed by atoms with Gasteiger partial charge >= 0.3 is 6.61 Å². The summed E-state index contributed by atoms with van der Waals surface area (Å²) >= 11 is 1.67. The minimum absolute atomic E-state index is 0.178. The molecule has 0 aliphatic heterocycles. The number of anilines is 2. The van der Waals surface area contributed by atoms with Crippen molar-refractivity contribution in [3.05, 3.63) is 17.9 Å². The van der Waals surface area contributed by atoms with Crippen molar-refractivity contribution in [2.45, 2.75) is 26.0 Å². The van der Waals surface area contributed by atoms with E-state index in [1.807, 2.05) is 18.1 Å². The van der Waals surface area contributed by atoms with Crippen molar-refractivity contribution in [1.82, 2.24) is 0 Å². The lowest BCUT2D eigenvalue weighted by Crippen LogP contribution is -2.33. The molecule has 1 atom stereocenters. The topological polar surface area (TPSA) is 38.5 Å². The van der Waals surface area contributed by atoms with E-state index in [9.17, 15) is 13.2 Å². The Morgan fingerprint density at radius 1 is 1.40 bits per heavy atom. The van der Waals surface area contributed by atoms with Gasteiger partial charge in [0.1, 0.15) is 0 Å². The Hall–Kier alpha value is -1.24. The second-order valence-corrected chi connectivity index (χ2v) is 5.26. The van der Waals surface area contributed by atoms with Crippen LogP contribution in [0.25, 0.3) is 0 Å². The van der Waals surface area contributed by atoms with Crippen molar-refractivity contribution in [2.24, 2.45) is 0 Å². The zero-order chi connectivity index (χ0) is 15.3. The average Bonchev–Trinajstić information content (AvgIpc) is 2.38. The lowest BCUT2D eigenvalue weighted by Gasteiger charge is -2.30. The van der Waals surface area contributed by atoms with Crippen LogP contribution in [0.15, 0.2) is 12.1 Å². The molecule has 1 rings (SSSR count). The summed E-state index contributed by atoms with van der Waals surface area (Å²) in [7, 11) is 1.81. The van der Waals surface area contributed by atoms with Crippen molar-refractivity contribution >= 4 is 23.1 Å². The first-order valence-electron chi connectivity index (χ1n) is 6.16. The van der Waals surface area contributed by atoms with Crippen LogP contribution in [0.4, 0.5) is 24.5 Å². The Morgan fingerprint density at radius 3 is 2.55 bits per heavy atom. The molecular formula is C13H19F3N2OS. The molecule has 0 fully saturated rings. The summed E-state index contributed by atoms with van der Waals surface area (Å²) in [6, 6.07) is 2.41. The van der Waals surface area contributed by atoms with Crippen molar-refractivity contribution in [1.29, 1.82) is 0 Å². The van der Waals surface area contributed by atoms with Crippen LogP contribution in [0, 0.1) is 5.82 Å². The summed E-state index contributed by atoms with van der Waals surface area (Å²) in [5.41, 5.74) is 6.47. The highest BCUT2D eigenvalue weighted by molar-refractivity contribution is 7.98. The molecule has 7 heteroatoms. The number of alkyl halides is 2. The molecule has 20 heavy (non-hydrogen) atoms. The van der Waals surface area contributed by atoms with Gasteiger partial charge in [0.05, 0.1) is 11.4 Å². The minimum Gasteiger partial charge on any atom is -0.432 e. The number of benzene rings is 1. The van der Waals surface area contributed by atoms with Crippen molar-refractivity contribution in [3.63, 3.8) is 0 Å². The van der Waals surface area contributed by atoms with Crippen LogP contribution < -0.4 is 15.4 Å². The van der Waals surface area contributed by atoms with E-state index in [0.717, 1.165) is 18.2 Å². The van der Waals surface area contributed by atoms with Gasteiger partial charge in [-0.2, -0.15) is 20.5 Å². The summed E-state index contributed by atoms with van der Waals surface area (Å²) in [5.74, 6) is -0.526. The summed E-state index contributed by atoms with van der Waals surface area (Å²) in [6.45, 7) is -1.05. The highest BCUT2D eigenvalue weighted by Crippen LogP contribution is 2.33. The number of nitrogen functional groups attached to an aromatic ring is 1. The van der Waals surface area contributed by atoms with E-state index >= 15 is 0 Å². The van der Waals surface area contributed by atoms with Crippen LogP contribution >= 0.6 is 11.8 Å². The van der Waals surface area contributed by atoms with E-state index in [-0.39, 0.29) is 11.7 Å². The third-order valence-electron chi connectivity index (χ3n) is 3.06. The number of hydrogen-bond donors (Lipinski definition) is 1. The number of nitrogens with zero attached hydrogens (tertiary/aromatic N) is 1. The minimum atomic E-state index is -3.07. The molecule has 0 saturated carbocycles. The molecule has 0 radical (unpaired) electrons. The summed E-state index contributed by atoms with van der Waals surface area (Å²) in [5, 5.41) is 0. The lowest BCUT2D eigenvalue weighted by atomic mass is 10.1. The fraction of sp³-hybridized carbons (Fsp3) is 0.538. The standard InChI is InChI=1S/C13H19F3N2OS/c1-4-8(7-20-3)18(2)11-6-12(19-13(15)16)9(14)5-10(11)17/h5-6,8,13H,4,7,17H2,1-3H3. The van der Waals surface area contributed by atoms with Crippen molar-refractivity contribution in [3.8, 4) is 5.75 Å². The van der Waals surface area contributed by atoms with Gasteiger partial charge in [0.25, 0.3) is 0 Å². The molecule has 1 aromatic rings. The van der Waals surface area contributed by atoms with Crippen molar-refractivity contribution in [2.75, 3.05) is 29.7 Å². The largest absolute Gasteiger partial charge is 0.432 e. The van der Waals surface area contributed by atoms with Gasteiger partial charge in [-0.05, 0) is 12.7 Å². The number of rotatable bonds is 7. The van der Waals surface area contributed by atoms with Gasteiger partial charge in [0, 0.05) is 31.0 Å². The first kappa shape index (κ1) is 16.8. The predicted molar refractivity (Wildman–Crippen MR) is 78.3 cm³/mol. The summed E-state index contributed by atoms with van der Waals surface area (Å²) in [4.78, 5) is 1.86. The molecule has 0 aliphatic carbocycles. The maximum atomic E-state index is 13.5. The molecular weight excluding hydrogens is 289 g/mol. The van der Waals surface area contributed by atoms with Crippen LogP contribution in [-0.2, 0) is 0 Å². The Bertz CT molecular complexity index is 446. The molecule has 0 bridgehead atoms. The number of hydrogen-bond acceptors (Lipinski definition) is 4. The van der Waals surface area contributed by atoms with E-state index in [1.165, 1.54) is 6.07 Å². The van der Waals surface area contributed by atoms with Gasteiger partial charge in [-0.25, -0.2) is 4.39 Å². The summed E-state index contributed by atoms with van der Waals surface area (Å²) in [6.07, 6.45) is 2.84. The monoisotopic (exact) mass is 308 g/mol.